The van der Waals surface area contributed by atoms with E-state index in [4.69, 9.17) is 0 Å². The Labute approximate surface area is 126 Å². The summed E-state index contributed by atoms with van der Waals surface area (Å²) in [7, 11) is 0. The van der Waals surface area contributed by atoms with Gasteiger partial charge in [-0.1, -0.05) is 44.5 Å². The molecule has 1 aromatic heterocycles. The van der Waals surface area contributed by atoms with Crippen LogP contribution in [0.4, 0.5) is 4.39 Å². The number of nitrogens with one attached hydrogen (secondary N) is 1. The summed E-state index contributed by atoms with van der Waals surface area (Å²) in [5, 5.41) is 3.44. The molecule has 0 aliphatic rings. The third-order valence-corrected chi connectivity index (χ3v) is 3.54. The molecular weight excluding hydrogens is 263 g/mol. The van der Waals surface area contributed by atoms with Crippen LogP contribution in [0, 0.1) is 5.82 Å². The molecule has 0 saturated carbocycles. The van der Waals surface area contributed by atoms with Crippen molar-refractivity contribution in [1.29, 1.82) is 0 Å². The van der Waals surface area contributed by atoms with Crippen molar-refractivity contribution < 1.29 is 4.39 Å². The molecule has 3 heteroatoms. The Kier molecular flexibility index (Phi) is 5.88. The number of aromatic nitrogens is 1. The fraction of sp³-hybridized carbons (Fsp3) is 0.389. The fourth-order valence-electron chi connectivity index (χ4n) is 2.53. The van der Waals surface area contributed by atoms with Crippen molar-refractivity contribution in [2.75, 3.05) is 6.54 Å². The van der Waals surface area contributed by atoms with Gasteiger partial charge in [0.2, 0.25) is 0 Å². The van der Waals surface area contributed by atoms with Gasteiger partial charge in [0.25, 0.3) is 0 Å². The van der Waals surface area contributed by atoms with E-state index in [1.807, 2.05) is 0 Å². The van der Waals surface area contributed by atoms with Crippen LogP contribution in [-0.4, -0.2) is 11.5 Å². The summed E-state index contributed by atoms with van der Waals surface area (Å²) >= 11 is 0. The van der Waals surface area contributed by atoms with Crippen molar-refractivity contribution in [2.24, 2.45) is 0 Å². The molecule has 0 bridgehead atoms. The Morgan fingerprint density at radius 3 is 2.76 bits per heavy atom. The largest absolute Gasteiger partial charge is 0.306 e. The molecule has 0 aliphatic carbocycles. The van der Waals surface area contributed by atoms with Crippen LogP contribution in [0.5, 0.6) is 0 Å². The van der Waals surface area contributed by atoms with E-state index in [2.05, 4.69) is 48.4 Å². The number of nitrogens with zero attached hydrogens (tertiary/aromatic N) is 1. The van der Waals surface area contributed by atoms with Gasteiger partial charge in [-0.15, -0.1) is 0 Å². The Bertz CT molecular complexity index is 569. The second-order valence-corrected chi connectivity index (χ2v) is 5.28. The monoisotopic (exact) mass is 286 g/mol. The molecule has 112 valence electrons. The molecule has 0 saturated heterocycles. The Balaban J connectivity index is 2.36. The number of halogens is 1. The standard InChI is InChI=1S/C18H23FN2/c1-3-6-14-7-5-8-15(12-14)18(21-10-4-2)16-9-11-20-13-17(16)19/h5,7-9,11-13,18,21H,3-4,6,10H2,1-2H3. The quantitative estimate of drug-likeness (QED) is 0.822. The van der Waals surface area contributed by atoms with Crippen LogP contribution in [0.15, 0.2) is 42.7 Å². The second-order valence-electron chi connectivity index (χ2n) is 5.28. The van der Waals surface area contributed by atoms with Gasteiger partial charge in [0.1, 0.15) is 5.82 Å². The summed E-state index contributed by atoms with van der Waals surface area (Å²) in [5.74, 6) is -0.257. The van der Waals surface area contributed by atoms with Crippen molar-refractivity contribution in [3.8, 4) is 0 Å². The molecule has 2 rings (SSSR count). The molecule has 1 N–H and O–H groups in total. The van der Waals surface area contributed by atoms with Crippen LogP contribution in [0.25, 0.3) is 0 Å². The zero-order valence-electron chi connectivity index (χ0n) is 12.8. The lowest BCUT2D eigenvalue weighted by molar-refractivity contribution is 0.543. The molecule has 0 spiro atoms. The maximum atomic E-state index is 14.1. The first-order valence-electron chi connectivity index (χ1n) is 7.67. The van der Waals surface area contributed by atoms with Gasteiger partial charge in [0, 0.05) is 11.8 Å². The van der Waals surface area contributed by atoms with Crippen molar-refractivity contribution in [2.45, 2.75) is 39.2 Å². The van der Waals surface area contributed by atoms with Gasteiger partial charge < -0.3 is 5.32 Å². The Morgan fingerprint density at radius 1 is 1.19 bits per heavy atom. The third kappa shape index (κ3) is 4.11. The molecular formula is C18H23FN2. The minimum absolute atomic E-state index is 0.121. The van der Waals surface area contributed by atoms with Crippen LogP contribution in [-0.2, 0) is 6.42 Å². The van der Waals surface area contributed by atoms with Gasteiger partial charge >= 0.3 is 0 Å². The highest BCUT2D eigenvalue weighted by Crippen LogP contribution is 2.25. The van der Waals surface area contributed by atoms with E-state index in [-0.39, 0.29) is 11.9 Å². The topological polar surface area (TPSA) is 24.9 Å². The Hall–Kier alpha value is -1.74. The maximum Gasteiger partial charge on any atom is 0.146 e. The molecule has 1 atom stereocenters. The number of aryl methyl sites for hydroxylation is 1. The Morgan fingerprint density at radius 2 is 2.05 bits per heavy atom. The number of benzene rings is 1. The number of hydrogen-bond acceptors (Lipinski definition) is 2. The number of hydrogen-bond donors (Lipinski definition) is 1. The molecule has 1 heterocycles. The first kappa shape index (κ1) is 15.6. The van der Waals surface area contributed by atoms with Gasteiger partial charge in [-0.3, -0.25) is 4.98 Å². The highest BCUT2D eigenvalue weighted by atomic mass is 19.1. The van der Waals surface area contributed by atoms with E-state index in [0.717, 1.165) is 31.4 Å². The normalized spacial score (nSPS) is 12.3. The summed E-state index contributed by atoms with van der Waals surface area (Å²) < 4.78 is 14.1. The summed E-state index contributed by atoms with van der Waals surface area (Å²) in [6.07, 6.45) is 6.10. The van der Waals surface area contributed by atoms with E-state index in [0.29, 0.717) is 5.56 Å². The van der Waals surface area contributed by atoms with Gasteiger partial charge in [-0.05, 0) is 36.6 Å². The van der Waals surface area contributed by atoms with Crippen molar-refractivity contribution in [3.05, 3.63) is 65.2 Å². The molecule has 2 nitrogen and oxygen atoms in total. The molecule has 0 aliphatic heterocycles. The third-order valence-electron chi connectivity index (χ3n) is 3.54. The molecule has 0 radical (unpaired) electrons. The molecule has 0 fully saturated rings. The first-order chi connectivity index (χ1) is 10.3. The van der Waals surface area contributed by atoms with Gasteiger partial charge in [0.15, 0.2) is 0 Å². The van der Waals surface area contributed by atoms with Crippen LogP contribution in [0.1, 0.15) is 49.4 Å². The number of rotatable bonds is 7. The summed E-state index contributed by atoms with van der Waals surface area (Å²) in [6.45, 7) is 5.13. The molecule has 1 unspecified atom stereocenters. The number of pyridine rings is 1. The summed E-state index contributed by atoms with van der Waals surface area (Å²) in [4.78, 5) is 3.85. The van der Waals surface area contributed by atoms with E-state index in [9.17, 15) is 4.39 Å². The zero-order chi connectivity index (χ0) is 15.1. The van der Waals surface area contributed by atoms with Gasteiger partial charge in [-0.25, -0.2) is 4.39 Å². The second kappa shape index (κ2) is 7.89. The van der Waals surface area contributed by atoms with Gasteiger partial charge in [0.05, 0.1) is 12.2 Å². The van der Waals surface area contributed by atoms with Crippen molar-refractivity contribution in [1.82, 2.24) is 10.3 Å². The highest BCUT2D eigenvalue weighted by Gasteiger charge is 2.17. The van der Waals surface area contributed by atoms with Gasteiger partial charge in [-0.2, -0.15) is 0 Å². The zero-order valence-corrected chi connectivity index (χ0v) is 12.8. The van der Waals surface area contributed by atoms with Crippen LogP contribution < -0.4 is 5.32 Å². The predicted molar refractivity (Wildman–Crippen MR) is 84.8 cm³/mol. The molecule has 1 aromatic carbocycles. The van der Waals surface area contributed by atoms with Crippen molar-refractivity contribution in [3.63, 3.8) is 0 Å². The van der Waals surface area contributed by atoms with E-state index >= 15 is 0 Å². The maximum absolute atomic E-state index is 14.1. The smallest absolute Gasteiger partial charge is 0.146 e. The van der Waals surface area contributed by atoms with Crippen LogP contribution in [0.3, 0.4) is 0 Å². The molecule has 2 aromatic rings. The lowest BCUT2D eigenvalue weighted by Gasteiger charge is -2.20. The summed E-state index contributed by atoms with van der Waals surface area (Å²) in [6, 6.07) is 10.1. The average molecular weight is 286 g/mol. The minimum Gasteiger partial charge on any atom is -0.306 e. The van der Waals surface area contributed by atoms with Crippen LogP contribution >= 0.6 is 0 Å². The van der Waals surface area contributed by atoms with E-state index in [1.54, 1.807) is 12.3 Å². The SMILES string of the molecule is CCCNC(c1cccc(CCC)c1)c1ccncc1F. The molecule has 0 amide bonds. The van der Waals surface area contributed by atoms with Crippen molar-refractivity contribution >= 4 is 0 Å². The lowest BCUT2D eigenvalue weighted by atomic mass is 9.96. The predicted octanol–water partition coefficient (Wildman–Crippen LogP) is 4.26. The minimum atomic E-state index is -0.257. The fourth-order valence-corrected chi connectivity index (χ4v) is 2.53. The summed E-state index contributed by atoms with van der Waals surface area (Å²) in [5.41, 5.74) is 3.07. The van der Waals surface area contributed by atoms with E-state index < -0.39 is 0 Å². The first-order valence-corrected chi connectivity index (χ1v) is 7.67. The van der Waals surface area contributed by atoms with E-state index in [1.165, 1.54) is 11.8 Å². The van der Waals surface area contributed by atoms with Crippen LogP contribution in [0.2, 0.25) is 0 Å². The highest BCUT2D eigenvalue weighted by molar-refractivity contribution is 5.34. The average Bonchev–Trinajstić information content (AvgIpc) is 2.50. The molecule has 21 heavy (non-hydrogen) atoms. The lowest BCUT2D eigenvalue weighted by Crippen LogP contribution is -2.24.